The number of anilines is 1. The van der Waals surface area contributed by atoms with Gasteiger partial charge >= 0.3 is 0 Å². The van der Waals surface area contributed by atoms with Crippen LogP contribution in [0.4, 0.5) is 18.9 Å². The van der Waals surface area contributed by atoms with E-state index in [-0.39, 0.29) is 12.6 Å². The quantitative estimate of drug-likeness (QED) is 0.335. The minimum Gasteiger partial charge on any atom is -0.379 e. The highest BCUT2D eigenvalue weighted by Gasteiger charge is 2.22. The zero-order valence-corrected chi connectivity index (χ0v) is 17.6. The molecule has 1 unspecified atom stereocenters. The molecule has 0 bridgehead atoms. The zero-order valence-electron chi connectivity index (χ0n) is 17.6. The molecule has 0 aromatic heterocycles. The largest absolute Gasteiger partial charge is 0.379 e. The number of carbonyl (C=O) groups is 1. The van der Waals surface area contributed by atoms with Gasteiger partial charge in [-0.25, -0.2) is 13.2 Å². The first-order valence-electron chi connectivity index (χ1n) is 10.0. The highest BCUT2D eigenvalue weighted by atomic mass is 19.2. The molecule has 2 rings (SSSR count). The Morgan fingerprint density at radius 2 is 1.87 bits per heavy atom. The SMILES string of the molecule is CN=C(NCC(=O)Nc1ccc(F)c(F)c1F)NCC(CC(C)C)N1CCOCC1. The van der Waals surface area contributed by atoms with Crippen LogP contribution in [0, 0.1) is 23.4 Å². The van der Waals surface area contributed by atoms with Gasteiger partial charge in [0.05, 0.1) is 25.4 Å². The Labute approximate surface area is 175 Å². The molecule has 0 aliphatic carbocycles. The Morgan fingerprint density at radius 3 is 2.50 bits per heavy atom. The van der Waals surface area contributed by atoms with E-state index in [9.17, 15) is 18.0 Å². The van der Waals surface area contributed by atoms with Crippen LogP contribution in [0.2, 0.25) is 0 Å². The van der Waals surface area contributed by atoms with E-state index in [1.165, 1.54) is 0 Å². The fourth-order valence-corrected chi connectivity index (χ4v) is 3.26. The van der Waals surface area contributed by atoms with Gasteiger partial charge in [-0.05, 0) is 24.5 Å². The van der Waals surface area contributed by atoms with Crippen molar-refractivity contribution in [1.29, 1.82) is 0 Å². The van der Waals surface area contributed by atoms with Crippen LogP contribution in [0.1, 0.15) is 20.3 Å². The second-order valence-corrected chi connectivity index (χ2v) is 7.51. The maximum absolute atomic E-state index is 13.7. The van der Waals surface area contributed by atoms with Gasteiger partial charge in [-0.15, -0.1) is 0 Å². The van der Waals surface area contributed by atoms with E-state index in [4.69, 9.17) is 4.74 Å². The summed E-state index contributed by atoms with van der Waals surface area (Å²) in [5, 5.41) is 8.26. The summed E-state index contributed by atoms with van der Waals surface area (Å²) in [5.41, 5.74) is -0.423. The second-order valence-electron chi connectivity index (χ2n) is 7.51. The standard InChI is InChI=1S/C20H30F3N5O2/c1-13(2)10-14(28-6-8-30-9-7-28)11-25-20(24-3)26-12-17(29)27-16-5-4-15(21)18(22)19(16)23/h4-5,13-14H,6-12H2,1-3H3,(H,27,29)(H2,24,25,26). The van der Waals surface area contributed by atoms with Crippen molar-refractivity contribution in [3.05, 3.63) is 29.6 Å². The van der Waals surface area contributed by atoms with Crippen molar-refractivity contribution in [3.63, 3.8) is 0 Å². The predicted octanol–water partition coefficient (Wildman–Crippen LogP) is 1.95. The molecule has 0 radical (unpaired) electrons. The first-order valence-corrected chi connectivity index (χ1v) is 10.0. The molecule has 0 saturated carbocycles. The Hall–Kier alpha value is -2.33. The molecule has 1 amide bonds. The lowest BCUT2D eigenvalue weighted by molar-refractivity contribution is -0.115. The van der Waals surface area contributed by atoms with Gasteiger partial charge < -0.3 is 20.7 Å². The van der Waals surface area contributed by atoms with Crippen molar-refractivity contribution >= 4 is 17.6 Å². The number of halogens is 3. The third kappa shape index (κ3) is 7.17. The fourth-order valence-electron chi connectivity index (χ4n) is 3.26. The van der Waals surface area contributed by atoms with Crippen LogP contribution in [0.25, 0.3) is 0 Å². The predicted molar refractivity (Wildman–Crippen MR) is 110 cm³/mol. The summed E-state index contributed by atoms with van der Waals surface area (Å²) in [7, 11) is 1.58. The molecule has 168 valence electrons. The summed E-state index contributed by atoms with van der Waals surface area (Å²) in [6.07, 6.45) is 1.000. The first kappa shape index (κ1) is 23.9. The number of guanidine groups is 1. The van der Waals surface area contributed by atoms with E-state index in [0.717, 1.165) is 31.6 Å². The molecule has 1 saturated heterocycles. The molecule has 1 heterocycles. The summed E-state index contributed by atoms with van der Waals surface area (Å²) in [6, 6.07) is 2.01. The topological polar surface area (TPSA) is 78.0 Å². The molecular formula is C20H30F3N5O2. The number of morpholine rings is 1. The van der Waals surface area contributed by atoms with Crippen LogP contribution in [0.5, 0.6) is 0 Å². The lowest BCUT2D eigenvalue weighted by atomic mass is 10.0. The number of aliphatic imine (C=N–C) groups is 1. The monoisotopic (exact) mass is 429 g/mol. The lowest BCUT2D eigenvalue weighted by Gasteiger charge is -2.35. The van der Waals surface area contributed by atoms with Crippen molar-refractivity contribution in [3.8, 4) is 0 Å². The summed E-state index contributed by atoms with van der Waals surface area (Å²) < 4.78 is 45.4. The summed E-state index contributed by atoms with van der Waals surface area (Å²) >= 11 is 0. The average molecular weight is 429 g/mol. The van der Waals surface area contributed by atoms with E-state index < -0.39 is 29.0 Å². The molecule has 1 aromatic carbocycles. The molecule has 10 heteroatoms. The second kappa shape index (κ2) is 11.8. The number of nitrogens with zero attached hydrogens (tertiary/aromatic N) is 2. The van der Waals surface area contributed by atoms with Gasteiger partial charge in [0.1, 0.15) is 0 Å². The number of rotatable bonds is 8. The highest BCUT2D eigenvalue weighted by molar-refractivity contribution is 5.95. The maximum Gasteiger partial charge on any atom is 0.243 e. The number of carbonyl (C=O) groups excluding carboxylic acids is 1. The summed E-state index contributed by atoms with van der Waals surface area (Å²) in [5.74, 6) is -4.06. The molecule has 1 aliphatic rings. The van der Waals surface area contributed by atoms with Gasteiger partial charge in [0.25, 0.3) is 0 Å². The molecule has 30 heavy (non-hydrogen) atoms. The van der Waals surface area contributed by atoms with Crippen LogP contribution in [0.3, 0.4) is 0 Å². The van der Waals surface area contributed by atoms with E-state index in [0.29, 0.717) is 31.6 Å². The normalized spacial score (nSPS) is 16.4. The Bertz CT molecular complexity index is 739. The molecule has 1 aliphatic heterocycles. The highest BCUT2D eigenvalue weighted by Crippen LogP contribution is 2.19. The van der Waals surface area contributed by atoms with Gasteiger partial charge in [0, 0.05) is 32.7 Å². The van der Waals surface area contributed by atoms with Crippen LogP contribution >= 0.6 is 0 Å². The molecule has 7 nitrogen and oxygen atoms in total. The van der Waals surface area contributed by atoms with Gasteiger partial charge in [-0.1, -0.05) is 13.8 Å². The average Bonchev–Trinajstić information content (AvgIpc) is 2.73. The number of amides is 1. The third-order valence-electron chi connectivity index (χ3n) is 4.76. The third-order valence-corrected chi connectivity index (χ3v) is 4.76. The van der Waals surface area contributed by atoms with Crippen molar-refractivity contribution < 1.29 is 22.7 Å². The fraction of sp³-hybridized carbons (Fsp3) is 0.600. The van der Waals surface area contributed by atoms with E-state index in [1.54, 1.807) is 7.05 Å². The molecule has 1 fully saturated rings. The molecule has 1 atom stereocenters. The van der Waals surface area contributed by atoms with E-state index in [2.05, 4.69) is 39.7 Å². The van der Waals surface area contributed by atoms with Crippen LogP contribution in [-0.4, -0.2) is 69.2 Å². The van der Waals surface area contributed by atoms with E-state index in [1.807, 2.05) is 0 Å². The van der Waals surface area contributed by atoms with Crippen molar-refractivity contribution in [1.82, 2.24) is 15.5 Å². The van der Waals surface area contributed by atoms with Crippen molar-refractivity contribution in [2.75, 3.05) is 51.8 Å². The Morgan fingerprint density at radius 1 is 1.17 bits per heavy atom. The summed E-state index contributed by atoms with van der Waals surface area (Å²) in [4.78, 5) is 18.5. The number of nitrogens with one attached hydrogen (secondary N) is 3. The maximum atomic E-state index is 13.7. The van der Waals surface area contributed by atoms with Crippen LogP contribution in [-0.2, 0) is 9.53 Å². The first-order chi connectivity index (χ1) is 14.3. The number of ether oxygens (including phenoxy) is 1. The minimum atomic E-state index is -1.63. The van der Waals surface area contributed by atoms with Gasteiger partial charge in [0.15, 0.2) is 23.4 Å². The summed E-state index contributed by atoms with van der Waals surface area (Å²) in [6.45, 7) is 7.91. The van der Waals surface area contributed by atoms with Crippen LogP contribution in [0.15, 0.2) is 17.1 Å². The number of hydrogen-bond donors (Lipinski definition) is 3. The minimum absolute atomic E-state index is 0.218. The molecular weight excluding hydrogens is 399 g/mol. The zero-order chi connectivity index (χ0) is 22.1. The smallest absolute Gasteiger partial charge is 0.243 e. The van der Waals surface area contributed by atoms with Crippen molar-refractivity contribution in [2.45, 2.75) is 26.3 Å². The Kier molecular flexibility index (Phi) is 9.38. The molecule has 1 aromatic rings. The molecule has 0 spiro atoms. The number of benzene rings is 1. The van der Waals surface area contributed by atoms with Crippen molar-refractivity contribution in [2.24, 2.45) is 10.9 Å². The van der Waals surface area contributed by atoms with Crippen LogP contribution < -0.4 is 16.0 Å². The molecule has 3 N–H and O–H groups in total. The van der Waals surface area contributed by atoms with E-state index >= 15 is 0 Å². The lowest BCUT2D eigenvalue weighted by Crippen LogP contribution is -2.51. The van der Waals surface area contributed by atoms with Gasteiger partial charge in [0.2, 0.25) is 5.91 Å². The van der Waals surface area contributed by atoms with Gasteiger partial charge in [-0.3, -0.25) is 14.7 Å². The Balaban J connectivity index is 1.85. The number of hydrogen-bond acceptors (Lipinski definition) is 4. The van der Waals surface area contributed by atoms with Gasteiger partial charge in [-0.2, -0.15) is 0 Å².